The van der Waals surface area contributed by atoms with E-state index in [1.165, 1.54) is 6.42 Å². The average molecular weight is 158 g/mol. The van der Waals surface area contributed by atoms with E-state index in [-0.39, 0.29) is 0 Å². The van der Waals surface area contributed by atoms with Gasteiger partial charge in [-0.3, -0.25) is 0 Å². The Morgan fingerprint density at radius 3 is 2.27 bits per heavy atom. The molecule has 0 aliphatic carbocycles. The van der Waals surface area contributed by atoms with E-state index in [0.29, 0.717) is 6.04 Å². The maximum absolute atomic E-state index is 5.47. The molecule has 0 bridgehead atoms. The van der Waals surface area contributed by atoms with Gasteiger partial charge >= 0.3 is 0 Å². The minimum Gasteiger partial charge on any atom is -0.329 e. The third-order valence-electron chi connectivity index (χ3n) is 2.64. The molecule has 0 radical (unpaired) electrons. The number of likely N-dealkylation sites (N-methyl/N-ethyl adjacent to an activating group) is 1. The van der Waals surface area contributed by atoms with Crippen molar-refractivity contribution in [1.82, 2.24) is 4.90 Å². The predicted octanol–water partition coefficient (Wildman–Crippen LogP) is 1.31. The Balaban J connectivity index is 3.70. The minimum atomic E-state index is 0.656. The van der Waals surface area contributed by atoms with E-state index in [1.807, 2.05) is 0 Å². The molecule has 11 heavy (non-hydrogen) atoms. The lowest BCUT2D eigenvalue weighted by Gasteiger charge is -2.28. The van der Waals surface area contributed by atoms with Crippen molar-refractivity contribution in [3.8, 4) is 0 Å². The molecule has 0 heterocycles. The topological polar surface area (TPSA) is 29.3 Å². The van der Waals surface area contributed by atoms with Gasteiger partial charge in [0, 0.05) is 19.1 Å². The van der Waals surface area contributed by atoms with Gasteiger partial charge in [-0.2, -0.15) is 0 Å². The number of rotatable bonds is 5. The van der Waals surface area contributed by atoms with Crippen molar-refractivity contribution in [1.29, 1.82) is 0 Å². The highest BCUT2D eigenvalue weighted by molar-refractivity contribution is 4.68. The third kappa shape index (κ3) is 3.73. The zero-order chi connectivity index (χ0) is 8.85. The van der Waals surface area contributed by atoms with E-state index < -0.39 is 0 Å². The lowest BCUT2D eigenvalue weighted by molar-refractivity contribution is 0.200. The molecule has 0 aromatic rings. The SMILES string of the molecule is CCC(C)C(C)N(C)CCN. The van der Waals surface area contributed by atoms with E-state index in [2.05, 4.69) is 32.7 Å². The van der Waals surface area contributed by atoms with Crippen LogP contribution in [0, 0.1) is 5.92 Å². The molecule has 0 spiro atoms. The molecule has 0 aromatic heterocycles. The second kappa shape index (κ2) is 5.56. The largest absolute Gasteiger partial charge is 0.329 e. The molecule has 0 saturated carbocycles. The fourth-order valence-electron chi connectivity index (χ4n) is 1.18. The second-order valence-electron chi connectivity index (χ2n) is 3.40. The van der Waals surface area contributed by atoms with Gasteiger partial charge in [-0.05, 0) is 19.9 Å². The summed E-state index contributed by atoms with van der Waals surface area (Å²) in [5.41, 5.74) is 5.47. The quantitative estimate of drug-likeness (QED) is 0.653. The fraction of sp³-hybridized carbons (Fsp3) is 1.00. The molecule has 0 aliphatic rings. The Hall–Kier alpha value is -0.0800. The summed E-state index contributed by atoms with van der Waals surface area (Å²) in [6.07, 6.45) is 1.25. The van der Waals surface area contributed by atoms with Crippen LogP contribution in [0.2, 0.25) is 0 Å². The zero-order valence-electron chi connectivity index (χ0n) is 8.30. The van der Waals surface area contributed by atoms with Crippen LogP contribution >= 0.6 is 0 Å². The van der Waals surface area contributed by atoms with E-state index >= 15 is 0 Å². The van der Waals surface area contributed by atoms with E-state index in [1.54, 1.807) is 0 Å². The molecular formula is C9H22N2. The lowest BCUT2D eigenvalue weighted by atomic mass is 10.00. The van der Waals surface area contributed by atoms with Crippen LogP contribution < -0.4 is 5.73 Å². The summed E-state index contributed by atoms with van der Waals surface area (Å²) in [5, 5.41) is 0. The van der Waals surface area contributed by atoms with Crippen LogP contribution in [0.15, 0.2) is 0 Å². The molecule has 2 N–H and O–H groups in total. The van der Waals surface area contributed by atoms with Gasteiger partial charge < -0.3 is 10.6 Å². The van der Waals surface area contributed by atoms with Crippen molar-refractivity contribution < 1.29 is 0 Å². The summed E-state index contributed by atoms with van der Waals surface area (Å²) < 4.78 is 0. The molecule has 68 valence electrons. The molecule has 2 unspecified atom stereocenters. The van der Waals surface area contributed by atoms with Gasteiger partial charge in [-0.15, -0.1) is 0 Å². The molecule has 0 amide bonds. The Labute approximate surface area is 70.8 Å². The van der Waals surface area contributed by atoms with Crippen molar-refractivity contribution >= 4 is 0 Å². The normalized spacial score (nSPS) is 16.9. The molecule has 0 rings (SSSR count). The molecule has 0 aromatic carbocycles. The number of hydrogen-bond acceptors (Lipinski definition) is 2. The molecule has 2 atom stereocenters. The number of hydrogen-bond donors (Lipinski definition) is 1. The highest BCUT2D eigenvalue weighted by Crippen LogP contribution is 2.11. The molecule has 2 heteroatoms. The van der Waals surface area contributed by atoms with Crippen molar-refractivity contribution in [2.24, 2.45) is 11.7 Å². The number of nitrogens with two attached hydrogens (primary N) is 1. The zero-order valence-corrected chi connectivity index (χ0v) is 8.30. The Bertz CT molecular complexity index is 93.6. The van der Waals surface area contributed by atoms with Crippen LogP contribution in [0.25, 0.3) is 0 Å². The maximum Gasteiger partial charge on any atom is 0.0104 e. The Morgan fingerprint density at radius 1 is 1.36 bits per heavy atom. The lowest BCUT2D eigenvalue weighted by Crippen LogP contribution is -2.37. The van der Waals surface area contributed by atoms with Gasteiger partial charge in [-0.1, -0.05) is 20.3 Å². The van der Waals surface area contributed by atoms with Gasteiger partial charge in [0.25, 0.3) is 0 Å². The third-order valence-corrected chi connectivity index (χ3v) is 2.64. The first-order chi connectivity index (χ1) is 5.13. The summed E-state index contributed by atoms with van der Waals surface area (Å²) in [6, 6.07) is 0.656. The number of nitrogens with zero attached hydrogens (tertiary/aromatic N) is 1. The monoisotopic (exact) mass is 158 g/mol. The highest BCUT2D eigenvalue weighted by Gasteiger charge is 2.13. The van der Waals surface area contributed by atoms with Crippen LogP contribution in [-0.4, -0.2) is 31.1 Å². The van der Waals surface area contributed by atoms with Crippen LogP contribution in [0.5, 0.6) is 0 Å². The van der Waals surface area contributed by atoms with E-state index in [4.69, 9.17) is 5.73 Å². The Morgan fingerprint density at radius 2 is 1.91 bits per heavy atom. The van der Waals surface area contributed by atoms with Crippen molar-refractivity contribution in [3.05, 3.63) is 0 Å². The van der Waals surface area contributed by atoms with Crippen molar-refractivity contribution in [2.75, 3.05) is 20.1 Å². The van der Waals surface area contributed by atoms with Crippen molar-refractivity contribution in [3.63, 3.8) is 0 Å². The second-order valence-corrected chi connectivity index (χ2v) is 3.40. The molecular weight excluding hydrogens is 136 g/mol. The van der Waals surface area contributed by atoms with Gasteiger partial charge in [0.1, 0.15) is 0 Å². The van der Waals surface area contributed by atoms with Crippen LogP contribution in [-0.2, 0) is 0 Å². The van der Waals surface area contributed by atoms with Gasteiger partial charge in [0.15, 0.2) is 0 Å². The molecule has 2 nitrogen and oxygen atoms in total. The van der Waals surface area contributed by atoms with E-state index in [9.17, 15) is 0 Å². The highest BCUT2D eigenvalue weighted by atomic mass is 15.1. The predicted molar refractivity (Wildman–Crippen MR) is 50.6 cm³/mol. The first-order valence-electron chi connectivity index (χ1n) is 4.53. The fourth-order valence-corrected chi connectivity index (χ4v) is 1.18. The maximum atomic E-state index is 5.47. The first kappa shape index (κ1) is 10.9. The van der Waals surface area contributed by atoms with Gasteiger partial charge in [-0.25, -0.2) is 0 Å². The average Bonchev–Trinajstić information content (AvgIpc) is 2.02. The molecule has 0 aliphatic heterocycles. The summed E-state index contributed by atoms with van der Waals surface area (Å²) in [5.74, 6) is 0.770. The van der Waals surface area contributed by atoms with Crippen LogP contribution in [0.3, 0.4) is 0 Å². The summed E-state index contributed by atoms with van der Waals surface area (Å²) in [7, 11) is 2.14. The minimum absolute atomic E-state index is 0.656. The van der Waals surface area contributed by atoms with Crippen LogP contribution in [0.1, 0.15) is 27.2 Å². The molecule has 0 saturated heterocycles. The summed E-state index contributed by atoms with van der Waals surface area (Å²) in [6.45, 7) is 8.56. The summed E-state index contributed by atoms with van der Waals surface area (Å²) >= 11 is 0. The smallest absolute Gasteiger partial charge is 0.0104 e. The first-order valence-corrected chi connectivity index (χ1v) is 4.53. The van der Waals surface area contributed by atoms with Crippen molar-refractivity contribution in [2.45, 2.75) is 33.2 Å². The molecule has 0 fully saturated rings. The van der Waals surface area contributed by atoms with Gasteiger partial charge in [0.05, 0.1) is 0 Å². The van der Waals surface area contributed by atoms with Crippen LogP contribution in [0.4, 0.5) is 0 Å². The summed E-state index contributed by atoms with van der Waals surface area (Å²) in [4.78, 5) is 2.33. The Kier molecular flexibility index (Phi) is 5.51. The standard InChI is InChI=1S/C9H22N2/c1-5-8(2)9(3)11(4)7-6-10/h8-9H,5-7,10H2,1-4H3. The van der Waals surface area contributed by atoms with Gasteiger partial charge in [0.2, 0.25) is 0 Å². The van der Waals surface area contributed by atoms with E-state index in [0.717, 1.165) is 19.0 Å².